The molecule has 1 atom stereocenters. The Morgan fingerprint density at radius 1 is 1.10 bits per heavy atom. The number of aliphatic hydroxyl groups excluding tert-OH is 1. The molecule has 7 heteroatoms. The van der Waals surface area contributed by atoms with Crippen molar-refractivity contribution in [2.75, 3.05) is 27.4 Å². The number of aliphatic hydroxyl groups is 1. The summed E-state index contributed by atoms with van der Waals surface area (Å²) in [6, 6.07) is 9.86. The lowest BCUT2D eigenvalue weighted by Gasteiger charge is -2.26. The van der Waals surface area contributed by atoms with Crippen LogP contribution < -0.4 is 14.9 Å². The molecule has 7 nitrogen and oxygen atoms in total. The molecule has 3 aromatic rings. The highest BCUT2D eigenvalue weighted by atomic mass is 16.5. The van der Waals surface area contributed by atoms with Gasteiger partial charge in [0.05, 0.1) is 31.2 Å². The molecule has 2 heterocycles. The van der Waals surface area contributed by atoms with Crippen LogP contribution in [-0.4, -0.2) is 43.3 Å². The van der Waals surface area contributed by atoms with Gasteiger partial charge >= 0.3 is 0 Å². The monoisotopic (exact) mass is 409 g/mol. The van der Waals surface area contributed by atoms with Gasteiger partial charge in [-0.2, -0.15) is 0 Å². The number of amides is 1. The minimum absolute atomic E-state index is 0.0316. The molecule has 0 spiro atoms. The second kappa shape index (κ2) is 7.84. The number of methoxy groups -OCH3 is 2. The number of aryl methyl sites for hydroxylation is 1. The zero-order chi connectivity index (χ0) is 21.4. The molecule has 1 aliphatic heterocycles. The number of hydrogen-bond donors (Lipinski definition) is 1. The highest BCUT2D eigenvalue weighted by Crippen LogP contribution is 2.42. The fraction of sp³-hybridized carbons (Fsp3) is 0.304. The summed E-state index contributed by atoms with van der Waals surface area (Å²) in [5.74, 6) is 0.756. The summed E-state index contributed by atoms with van der Waals surface area (Å²) in [7, 11) is 3.08. The second-order valence-corrected chi connectivity index (χ2v) is 7.26. The highest BCUT2D eigenvalue weighted by Gasteiger charge is 2.43. The Morgan fingerprint density at radius 2 is 1.90 bits per heavy atom. The number of rotatable bonds is 6. The Balaban J connectivity index is 2.02. The molecule has 1 N–H and O–H groups in total. The molecule has 30 heavy (non-hydrogen) atoms. The molecule has 4 rings (SSSR count). The maximum Gasteiger partial charge on any atom is 0.290 e. The van der Waals surface area contributed by atoms with E-state index in [4.69, 9.17) is 13.9 Å². The molecule has 0 saturated heterocycles. The van der Waals surface area contributed by atoms with E-state index in [1.807, 2.05) is 13.0 Å². The van der Waals surface area contributed by atoms with Crippen molar-refractivity contribution in [3.63, 3.8) is 0 Å². The fourth-order valence-electron chi connectivity index (χ4n) is 3.98. The van der Waals surface area contributed by atoms with Gasteiger partial charge in [-0.25, -0.2) is 0 Å². The molecule has 0 aliphatic carbocycles. The van der Waals surface area contributed by atoms with Crippen LogP contribution in [0.25, 0.3) is 11.0 Å². The topological polar surface area (TPSA) is 89.2 Å². The van der Waals surface area contributed by atoms with Gasteiger partial charge in [0.2, 0.25) is 5.76 Å². The largest absolute Gasteiger partial charge is 0.497 e. The number of nitrogens with zero attached hydrogens (tertiary/aromatic N) is 1. The van der Waals surface area contributed by atoms with Gasteiger partial charge < -0.3 is 23.9 Å². The van der Waals surface area contributed by atoms with E-state index in [-0.39, 0.29) is 35.8 Å². The number of fused-ring (bicyclic) bond motifs is 2. The van der Waals surface area contributed by atoms with Crippen LogP contribution in [0.4, 0.5) is 0 Å². The normalized spacial score (nSPS) is 15.5. The highest BCUT2D eigenvalue weighted by molar-refractivity contribution is 5.99. The Labute approximate surface area is 173 Å². The number of carbonyl (C=O) groups excluding carboxylic acids is 1. The van der Waals surface area contributed by atoms with Crippen molar-refractivity contribution in [1.29, 1.82) is 0 Å². The average molecular weight is 409 g/mol. The van der Waals surface area contributed by atoms with E-state index in [0.29, 0.717) is 34.5 Å². The van der Waals surface area contributed by atoms with Crippen LogP contribution >= 0.6 is 0 Å². The van der Waals surface area contributed by atoms with Gasteiger partial charge in [-0.1, -0.05) is 11.6 Å². The van der Waals surface area contributed by atoms with Crippen LogP contribution in [0.2, 0.25) is 0 Å². The summed E-state index contributed by atoms with van der Waals surface area (Å²) in [4.78, 5) is 28.3. The molecule has 2 aromatic carbocycles. The van der Waals surface area contributed by atoms with E-state index >= 15 is 0 Å². The first-order chi connectivity index (χ1) is 14.5. The predicted octanol–water partition coefficient (Wildman–Crippen LogP) is 3.05. The van der Waals surface area contributed by atoms with E-state index in [0.717, 1.165) is 5.56 Å². The lowest BCUT2D eigenvalue weighted by atomic mass is 9.97. The minimum atomic E-state index is -0.703. The van der Waals surface area contributed by atoms with Crippen LogP contribution in [0.15, 0.2) is 45.6 Å². The molecular weight excluding hydrogens is 386 g/mol. The third-order valence-corrected chi connectivity index (χ3v) is 5.41. The Bertz CT molecular complexity index is 1180. The SMILES string of the molecule is COc1ccc(OC)c([C@H]2c3c(oc4ccc(C)cc4c3=O)C(=O)N2CCCO)c1. The Hall–Kier alpha value is -3.32. The molecule has 0 unspecified atom stereocenters. The molecule has 0 bridgehead atoms. The summed E-state index contributed by atoms with van der Waals surface area (Å²) >= 11 is 0. The predicted molar refractivity (Wildman–Crippen MR) is 111 cm³/mol. The van der Waals surface area contributed by atoms with Crippen LogP contribution in [0.1, 0.15) is 39.7 Å². The number of carbonyl (C=O) groups is 1. The standard InChI is InChI=1S/C23H23NO6/c1-13-5-7-18-16(11-13)21(26)19-20(15-12-14(28-2)6-8-17(15)29-3)24(9-4-10-25)23(27)22(19)30-18/h5-8,11-12,20,25H,4,9-10H2,1-3H3/t20-/m0/s1. The molecule has 156 valence electrons. The molecular formula is C23H23NO6. The van der Waals surface area contributed by atoms with Crippen molar-refractivity contribution >= 4 is 16.9 Å². The summed E-state index contributed by atoms with van der Waals surface area (Å²) < 4.78 is 16.8. The molecule has 0 radical (unpaired) electrons. The molecule has 0 saturated carbocycles. The van der Waals surface area contributed by atoms with E-state index in [1.165, 1.54) is 7.11 Å². The summed E-state index contributed by atoms with van der Waals surface area (Å²) in [6.07, 6.45) is 0.370. The van der Waals surface area contributed by atoms with E-state index < -0.39 is 6.04 Å². The lowest BCUT2D eigenvalue weighted by Crippen LogP contribution is -2.31. The van der Waals surface area contributed by atoms with Gasteiger partial charge in [0.1, 0.15) is 17.1 Å². The van der Waals surface area contributed by atoms with Gasteiger partial charge in [-0.05, 0) is 43.7 Å². The molecule has 1 amide bonds. The third kappa shape index (κ3) is 3.11. The second-order valence-electron chi connectivity index (χ2n) is 7.26. The first-order valence-corrected chi connectivity index (χ1v) is 9.71. The van der Waals surface area contributed by atoms with Gasteiger partial charge in [0.15, 0.2) is 5.43 Å². The first-order valence-electron chi connectivity index (χ1n) is 9.71. The Morgan fingerprint density at radius 3 is 2.60 bits per heavy atom. The van der Waals surface area contributed by atoms with E-state index in [9.17, 15) is 14.7 Å². The maximum atomic E-state index is 13.5. The average Bonchev–Trinajstić information content (AvgIpc) is 3.04. The van der Waals surface area contributed by atoms with Crippen LogP contribution in [-0.2, 0) is 0 Å². The van der Waals surface area contributed by atoms with E-state index in [1.54, 1.807) is 42.3 Å². The van der Waals surface area contributed by atoms with Gasteiger partial charge in [-0.15, -0.1) is 0 Å². The quantitative estimate of drug-likeness (QED) is 0.673. The van der Waals surface area contributed by atoms with E-state index in [2.05, 4.69) is 0 Å². The zero-order valence-corrected chi connectivity index (χ0v) is 17.1. The maximum absolute atomic E-state index is 13.5. The first kappa shape index (κ1) is 20.0. The van der Waals surface area contributed by atoms with Gasteiger partial charge in [0, 0.05) is 18.7 Å². The third-order valence-electron chi connectivity index (χ3n) is 5.41. The summed E-state index contributed by atoms with van der Waals surface area (Å²) in [5, 5.41) is 9.77. The van der Waals surface area contributed by atoms with Crippen molar-refractivity contribution in [3.8, 4) is 11.5 Å². The minimum Gasteiger partial charge on any atom is -0.497 e. The molecule has 0 fully saturated rings. The van der Waals surface area contributed by atoms with Crippen molar-refractivity contribution in [3.05, 3.63) is 69.1 Å². The fourth-order valence-corrected chi connectivity index (χ4v) is 3.98. The van der Waals surface area contributed by atoms with Crippen molar-refractivity contribution in [2.24, 2.45) is 0 Å². The van der Waals surface area contributed by atoms with Gasteiger partial charge in [-0.3, -0.25) is 9.59 Å². The summed E-state index contributed by atoms with van der Waals surface area (Å²) in [6.45, 7) is 2.08. The van der Waals surface area contributed by atoms with Crippen molar-refractivity contribution < 1.29 is 23.8 Å². The Kier molecular flexibility index (Phi) is 5.22. The van der Waals surface area contributed by atoms with Crippen LogP contribution in [0.5, 0.6) is 11.5 Å². The van der Waals surface area contributed by atoms with Crippen molar-refractivity contribution in [1.82, 2.24) is 4.90 Å². The number of ether oxygens (including phenoxy) is 2. The van der Waals surface area contributed by atoms with Gasteiger partial charge in [0.25, 0.3) is 5.91 Å². The van der Waals surface area contributed by atoms with Crippen LogP contribution in [0.3, 0.4) is 0 Å². The lowest BCUT2D eigenvalue weighted by molar-refractivity contribution is 0.0715. The summed E-state index contributed by atoms with van der Waals surface area (Å²) in [5.41, 5.74) is 1.96. The number of hydrogen-bond acceptors (Lipinski definition) is 6. The van der Waals surface area contributed by atoms with Crippen LogP contribution in [0, 0.1) is 6.92 Å². The molecule has 1 aliphatic rings. The van der Waals surface area contributed by atoms with Crippen molar-refractivity contribution in [2.45, 2.75) is 19.4 Å². The zero-order valence-electron chi connectivity index (χ0n) is 17.1. The number of benzene rings is 2. The molecule has 1 aromatic heterocycles. The smallest absolute Gasteiger partial charge is 0.290 e.